The van der Waals surface area contributed by atoms with Gasteiger partial charge in [-0.3, -0.25) is 0 Å². The highest BCUT2D eigenvalue weighted by Crippen LogP contribution is 2.36. The molecule has 0 radical (unpaired) electrons. The predicted molar refractivity (Wildman–Crippen MR) is 107 cm³/mol. The summed E-state index contributed by atoms with van der Waals surface area (Å²) in [6, 6.07) is 9.86. The minimum Gasteiger partial charge on any atom is -0.493 e. The van der Waals surface area contributed by atoms with Crippen molar-refractivity contribution in [2.75, 3.05) is 20.3 Å². The highest BCUT2D eigenvalue weighted by atomic mass is 35.5. The number of hydrogen-bond donors (Lipinski definition) is 1. The third-order valence-corrected chi connectivity index (χ3v) is 4.34. The van der Waals surface area contributed by atoms with Gasteiger partial charge in [0.1, 0.15) is 19.0 Å². The van der Waals surface area contributed by atoms with Gasteiger partial charge in [-0.15, -0.1) is 0 Å². The summed E-state index contributed by atoms with van der Waals surface area (Å²) in [5, 5.41) is 0.482. The van der Waals surface area contributed by atoms with E-state index in [1.807, 2.05) is 12.1 Å². The molecule has 0 unspecified atom stereocenters. The second-order valence-corrected chi connectivity index (χ2v) is 7.67. The van der Waals surface area contributed by atoms with Crippen molar-refractivity contribution in [2.24, 2.45) is 5.73 Å². The molecule has 2 N–H and O–H groups in total. The van der Waals surface area contributed by atoms with Crippen molar-refractivity contribution in [1.82, 2.24) is 0 Å². The number of methoxy groups -OCH3 is 1. The minimum atomic E-state index is 0.00674. The Morgan fingerprint density at radius 1 is 1.00 bits per heavy atom. The van der Waals surface area contributed by atoms with E-state index in [2.05, 4.69) is 39.8 Å². The summed E-state index contributed by atoms with van der Waals surface area (Å²) in [5.74, 6) is 1.96. The topological polar surface area (TPSA) is 53.7 Å². The van der Waals surface area contributed by atoms with Gasteiger partial charge in [0, 0.05) is 6.54 Å². The fraction of sp³-hybridized carbons (Fsp3) is 0.429. The number of ether oxygens (including phenoxy) is 3. The molecule has 0 spiro atoms. The van der Waals surface area contributed by atoms with Crippen LogP contribution < -0.4 is 19.9 Å². The molecule has 0 aromatic heterocycles. The van der Waals surface area contributed by atoms with Crippen LogP contribution in [0, 0.1) is 6.92 Å². The molecule has 0 heterocycles. The van der Waals surface area contributed by atoms with Crippen molar-refractivity contribution in [2.45, 2.75) is 39.7 Å². The van der Waals surface area contributed by atoms with Crippen molar-refractivity contribution in [3.8, 4) is 17.2 Å². The first kappa shape index (κ1) is 20.4. The minimum absolute atomic E-state index is 0.00674. The molecule has 0 bridgehead atoms. The summed E-state index contributed by atoms with van der Waals surface area (Å²) < 4.78 is 17.1. The van der Waals surface area contributed by atoms with Crippen LogP contribution in [0.4, 0.5) is 0 Å². The lowest BCUT2D eigenvalue weighted by Gasteiger charge is -2.23. The molecule has 2 aromatic carbocycles. The molecule has 4 nitrogen and oxygen atoms in total. The molecule has 26 heavy (non-hydrogen) atoms. The molecule has 0 amide bonds. The molecule has 2 rings (SSSR count). The number of rotatable bonds is 7. The number of nitrogens with two attached hydrogens (primary N) is 1. The van der Waals surface area contributed by atoms with E-state index in [-0.39, 0.29) is 5.41 Å². The molecular formula is C21H28ClNO3. The highest BCUT2D eigenvalue weighted by Gasteiger charge is 2.19. The molecule has 0 aliphatic rings. The lowest BCUT2D eigenvalue weighted by molar-refractivity contribution is 0.209. The Hall–Kier alpha value is -1.91. The summed E-state index contributed by atoms with van der Waals surface area (Å²) in [6.45, 7) is 9.77. The maximum Gasteiger partial charge on any atom is 0.179 e. The Morgan fingerprint density at radius 3 is 2.31 bits per heavy atom. The lowest BCUT2D eigenvalue weighted by Crippen LogP contribution is -2.16. The summed E-state index contributed by atoms with van der Waals surface area (Å²) in [7, 11) is 1.58. The SMILES string of the molecule is COc1cc(CN)cc(Cl)c1OCCOc1ccc(C)cc1C(C)(C)C. The third kappa shape index (κ3) is 5.05. The summed E-state index contributed by atoms with van der Waals surface area (Å²) in [6.07, 6.45) is 0. The van der Waals surface area contributed by atoms with Crippen LogP contribution in [0.3, 0.4) is 0 Å². The van der Waals surface area contributed by atoms with Crippen molar-refractivity contribution < 1.29 is 14.2 Å². The number of benzene rings is 2. The fourth-order valence-electron chi connectivity index (χ4n) is 2.68. The third-order valence-electron chi connectivity index (χ3n) is 4.06. The Labute approximate surface area is 161 Å². The zero-order valence-corrected chi connectivity index (χ0v) is 16.9. The first-order valence-corrected chi connectivity index (χ1v) is 9.07. The van der Waals surface area contributed by atoms with Gasteiger partial charge in [0.2, 0.25) is 0 Å². The maximum absolute atomic E-state index is 6.29. The molecule has 2 aromatic rings. The molecule has 0 fully saturated rings. The van der Waals surface area contributed by atoms with E-state index in [0.717, 1.165) is 11.3 Å². The van der Waals surface area contributed by atoms with Crippen molar-refractivity contribution in [3.63, 3.8) is 0 Å². The second-order valence-electron chi connectivity index (χ2n) is 7.26. The average molecular weight is 378 g/mol. The van der Waals surface area contributed by atoms with Crippen LogP contribution in [-0.4, -0.2) is 20.3 Å². The molecule has 0 aliphatic heterocycles. The van der Waals surface area contributed by atoms with Gasteiger partial charge in [0.05, 0.1) is 12.1 Å². The van der Waals surface area contributed by atoms with Gasteiger partial charge in [-0.05, 0) is 41.7 Å². The molecule has 142 valence electrons. The maximum atomic E-state index is 6.29. The number of halogens is 1. The standard InChI is InChI=1S/C21H28ClNO3/c1-14-6-7-18(16(10-14)21(2,3)4)25-8-9-26-20-17(22)11-15(13-23)12-19(20)24-5/h6-7,10-12H,8-9,13,23H2,1-5H3. The van der Waals surface area contributed by atoms with Crippen LogP contribution in [0.1, 0.15) is 37.5 Å². The monoisotopic (exact) mass is 377 g/mol. The van der Waals surface area contributed by atoms with Gasteiger partial charge in [0.25, 0.3) is 0 Å². The molecule has 0 atom stereocenters. The summed E-state index contributed by atoms with van der Waals surface area (Å²) >= 11 is 6.29. The largest absolute Gasteiger partial charge is 0.493 e. The second kappa shape index (κ2) is 8.65. The van der Waals surface area contributed by atoms with E-state index in [1.54, 1.807) is 13.2 Å². The summed E-state index contributed by atoms with van der Waals surface area (Å²) in [4.78, 5) is 0. The van der Waals surface area contributed by atoms with Crippen molar-refractivity contribution in [3.05, 3.63) is 52.0 Å². The Balaban J connectivity index is 2.04. The van der Waals surface area contributed by atoms with E-state index >= 15 is 0 Å². The highest BCUT2D eigenvalue weighted by molar-refractivity contribution is 6.32. The van der Waals surface area contributed by atoms with Crippen LogP contribution >= 0.6 is 11.6 Å². The Morgan fingerprint density at radius 2 is 1.69 bits per heavy atom. The first-order chi connectivity index (χ1) is 12.3. The quantitative estimate of drug-likeness (QED) is 0.699. The molecule has 0 aliphatic carbocycles. The molecule has 0 saturated heterocycles. The summed E-state index contributed by atoms with van der Waals surface area (Å²) in [5.41, 5.74) is 8.96. The van der Waals surface area contributed by atoms with Gasteiger partial charge in [-0.2, -0.15) is 0 Å². The van der Waals surface area contributed by atoms with Gasteiger partial charge >= 0.3 is 0 Å². The van der Waals surface area contributed by atoms with Crippen molar-refractivity contribution in [1.29, 1.82) is 0 Å². The van der Waals surface area contributed by atoms with Crippen LogP contribution in [0.15, 0.2) is 30.3 Å². The predicted octanol–water partition coefficient (Wildman–Crippen LogP) is 4.87. The van der Waals surface area contributed by atoms with Gasteiger partial charge < -0.3 is 19.9 Å². The van der Waals surface area contributed by atoms with Gasteiger partial charge in [-0.25, -0.2) is 0 Å². The number of hydrogen-bond acceptors (Lipinski definition) is 4. The number of aryl methyl sites for hydroxylation is 1. The first-order valence-electron chi connectivity index (χ1n) is 8.69. The van der Waals surface area contributed by atoms with E-state index in [1.165, 1.54) is 11.1 Å². The Kier molecular flexibility index (Phi) is 6.79. The zero-order chi connectivity index (χ0) is 19.3. The molecule has 5 heteroatoms. The zero-order valence-electron chi connectivity index (χ0n) is 16.2. The fourth-order valence-corrected chi connectivity index (χ4v) is 2.97. The van der Waals surface area contributed by atoms with Crippen LogP contribution in [0.2, 0.25) is 5.02 Å². The van der Waals surface area contributed by atoms with Crippen LogP contribution in [0.5, 0.6) is 17.2 Å². The van der Waals surface area contributed by atoms with E-state index in [9.17, 15) is 0 Å². The van der Waals surface area contributed by atoms with E-state index in [4.69, 9.17) is 31.5 Å². The smallest absolute Gasteiger partial charge is 0.179 e. The van der Waals surface area contributed by atoms with E-state index < -0.39 is 0 Å². The van der Waals surface area contributed by atoms with Gasteiger partial charge in [0.15, 0.2) is 11.5 Å². The van der Waals surface area contributed by atoms with Gasteiger partial charge in [-0.1, -0.05) is 50.1 Å². The van der Waals surface area contributed by atoms with Crippen LogP contribution in [0.25, 0.3) is 0 Å². The van der Waals surface area contributed by atoms with Crippen molar-refractivity contribution >= 4 is 11.6 Å². The Bertz CT molecular complexity index is 754. The molecular weight excluding hydrogens is 350 g/mol. The van der Waals surface area contributed by atoms with Crippen LogP contribution in [-0.2, 0) is 12.0 Å². The lowest BCUT2D eigenvalue weighted by atomic mass is 9.85. The molecule has 0 saturated carbocycles. The average Bonchev–Trinajstić information content (AvgIpc) is 2.59. The normalized spacial score (nSPS) is 11.3. The van der Waals surface area contributed by atoms with E-state index in [0.29, 0.717) is 36.3 Å².